The molecule has 2 fully saturated rings. The van der Waals surface area contributed by atoms with Gasteiger partial charge in [-0.15, -0.1) is 0 Å². The molecule has 3 heterocycles. The summed E-state index contributed by atoms with van der Waals surface area (Å²) in [6.45, 7) is 2.77. The highest BCUT2D eigenvalue weighted by Crippen LogP contribution is 2.32. The summed E-state index contributed by atoms with van der Waals surface area (Å²) in [5.41, 5.74) is 1.57. The van der Waals surface area contributed by atoms with Crippen LogP contribution in [0.3, 0.4) is 0 Å². The molecule has 0 radical (unpaired) electrons. The molecule has 29 heavy (non-hydrogen) atoms. The maximum atomic E-state index is 13.1. The van der Waals surface area contributed by atoms with Gasteiger partial charge in [-0.2, -0.15) is 4.98 Å². The standard InChI is InChI=1S/C21H23N5O3/c1-12-23-20(29-25-12)16-7-9-26(11-18(16)24-19(27)14-3-4-14)21(28)15-5-2-13-6-8-22-17(13)10-15/h2,5-6,8,10,14,16,18,22H,3-4,7,9,11H2,1H3,(H,24,27)/t16-,18+/m0/s1. The Morgan fingerprint density at radius 2 is 2.10 bits per heavy atom. The molecule has 0 unspecified atom stereocenters. The quantitative estimate of drug-likeness (QED) is 0.708. The van der Waals surface area contributed by atoms with E-state index in [1.54, 1.807) is 6.92 Å². The fourth-order valence-electron chi connectivity index (χ4n) is 4.05. The summed E-state index contributed by atoms with van der Waals surface area (Å²) in [7, 11) is 0. The number of carbonyl (C=O) groups excluding carboxylic acids is 2. The van der Waals surface area contributed by atoms with Crippen LogP contribution in [0.4, 0.5) is 0 Å². The molecular weight excluding hydrogens is 370 g/mol. The number of aromatic amines is 1. The van der Waals surface area contributed by atoms with Gasteiger partial charge in [0.15, 0.2) is 5.82 Å². The molecule has 2 aliphatic rings. The molecular formula is C21H23N5O3. The van der Waals surface area contributed by atoms with Crippen molar-refractivity contribution in [3.8, 4) is 0 Å². The zero-order valence-corrected chi connectivity index (χ0v) is 16.2. The Labute approximate surface area is 167 Å². The summed E-state index contributed by atoms with van der Waals surface area (Å²) < 4.78 is 5.39. The molecule has 8 heteroatoms. The van der Waals surface area contributed by atoms with E-state index < -0.39 is 0 Å². The van der Waals surface area contributed by atoms with Crippen molar-refractivity contribution >= 4 is 22.7 Å². The Morgan fingerprint density at radius 3 is 2.86 bits per heavy atom. The normalized spacial score (nSPS) is 22.0. The lowest BCUT2D eigenvalue weighted by molar-refractivity contribution is -0.123. The molecule has 1 saturated carbocycles. The smallest absolute Gasteiger partial charge is 0.254 e. The molecule has 1 aliphatic heterocycles. The first-order valence-corrected chi connectivity index (χ1v) is 10.1. The highest BCUT2D eigenvalue weighted by molar-refractivity contribution is 5.98. The third-order valence-corrected chi connectivity index (χ3v) is 5.84. The molecule has 150 valence electrons. The van der Waals surface area contributed by atoms with Gasteiger partial charge in [0.2, 0.25) is 11.8 Å². The van der Waals surface area contributed by atoms with Crippen LogP contribution in [-0.2, 0) is 4.79 Å². The van der Waals surface area contributed by atoms with Crippen molar-refractivity contribution in [2.75, 3.05) is 13.1 Å². The summed E-state index contributed by atoms with van der Waals surface area (Å²) in [6, 6.07) is 7.41. The van der Waals surface area contributed by atoms with E-state index in [1.165, 1.54) is 0 Å². The van der Waals surface area contributed by atoms with Crippen molar-refractivity contribution in [1.82, 2.24) is 25.3 Å². The van der Waals surface area contributed by atoms with Gasteiger partial charge in [-0.25, -0.2) is 0 Å². The van der Waals surface area contributed by atoms with Gasteiger partial charge in [0.25, 0.3) is 5.91 Å². The minimum Gasteiger partial charge on any atom is -0.361 e. The number of H-pyrrole nitrogens is 1. The van der Waals surface area contributed by atoms with E-state index >= 15 is 0 Å². The second kappa shape index (κ2) is 7.02. The van der Waals surface area contributed by atoms with E-state index in [9.17, 15) is 9.59 Å². The lowest BCUT2D eigenvalue weighted by Crippen LogP contribution is -2.53. The van der Waals surface area contributed by atoms with Crippen LogP contribution in [0.1, 0.15) is 47.3 Å². The number of benzene rings is 1. The van der Waals surface area contributed by atoms with Crippen LogP contribution in [-0.4, -0.2) is 51.0 Å². The van der Waals surface area contributed by atoms with Gasteiger partial charge in [0.1, 0.15) is 0 Å². The summed E-state index contributed by atoms with van der Waals surface area (Å²) in [5.74, 6) is 1.13. The van der Waals surface area contributed by atoms with Crippen LogP contribution < -0.4 is 5.32 Å². The molecule has 2 amide bonds. The van der Waals surface area contributed by atoms with Crippen molar-refractivity contribution in [1.29, 1.82) is 0 Å². The van der Waals surface area contributed by atoms with Crippen molar-refractivity contribution in [3.63, 3.8) is 0 Å². The number of amides is 2. The number of piperidine rings is 1. The number of likely N-dealkylation sites (tertiary alicyclic amines) is 1. The Hall–Kier alpha value is -3.16. The number of rotatable bonds is 4. The van der Waals surface area contributed by atoms with E-state index in [0.29, 0.717) is 36.8 Å². The minimum atomic E-state index is -0.241. The average molecular weight is 393 g/mol. The van der Waals surface area contributed by atoms with Crippen LogP contribution in [0.5, 0.6) is 0 Å². The van der Waals surface area contributed by atoms with Gasteiger partial charge < -0.3 is 19.7 Å². The summed E-state index contributed by atoms with van der Waals surface area (Å²) in [5, 5.41) is 8.10. The molecule has 8 nitrogen and oxygen atoms in total. The van der Waals surface area contributed by atoms with Crippen LogP contribution in [0.25, 0.3) is 10.9 Å². The van der Waals surface area contributed by atoms with Gasteiger partial charge in [-0.05, 0) is 49.8 Å². The molecule has 3 aromatic rings. The maximum absolute atomic E-state index is 13.1. The predicted molar refractivity (Wildman–Crippen MR) is 105 cm³/mol. The van der Waals surface area contributed by atoms with Gasteiger partial charge in [0, 0.05) is 36.3 Å². The summed E-state index contributed by atoms with van der Waals surface area (Å²) in [6.07, 6.45) is 4.39. The number of nitrogens with zero attached hydrogens (tertiary/aromatic N) is 3. The lowest BCUT2D eigenvalue weighted by Gasteiger charge is -2.37. The van der Waals surface area contributed by atoms with E-state index in [0.717, 1.165) is 23.7 Å². The number of hydrogen-bond acceptors (Lipinski definition) is 5. The van der Waals surface area contributed by atoms with Crippen LogP contribution >= 0.6 is 0 Å². The number of nitrogens with one attached hydrogen (secondary N) is 2. The molecule has 2 atom stereocenters. The Kier molecular flexibility index (Phi) is 4.34. The first kappa shape index (κ1) is 17.9. The maximum Gasteiger partial charge on any atom is 0.254 e. The molecule has 1 aromatic carbocycles. The van der Waals surface area contributed by atoms with Gasteiger partial charge in [-0.1, -0.05) is 11.2 Å². The summed E-state index contributed by atoms with van der Waals surface area (Å²) >= 11 is 0. The lowest BCUT2D eigenvalue weighted by atomic mass is 9.90. The SMILES string of the molecule is Cc1noc([C@H]2CCN(C(=O)c3ccc4cc[nH]c4c3)C[C@H]2NC(=O)C2CC2)n1. The van der Waals surface area contributed by atoms with E-state index in [1.807, 2.05) is 35.4 Å². The van der Waals surface area contributed by atoms with Crippen LogP contribution in [0, 0.1) is 12.8 Å². The van der Waals surface area contributed by atoms with Crippen molar-refractivity contribution < 1.29 is 14.1 Å². The third-order valence-electron chi connectivity index (χ3n) is 5.84. The van der Waals surface area contributed by atoms with Crippen molar-refractivity contribution in [2.45, 2.75) is 38.1 Å². The molecule has 0 bridgehead atoms. The van der Waals surface area contributed by atoms with Gasteiger partial charge in [-0.3, -0.25) is 9.59 Å². The fraction of sp³-hybridized carbons (Fsp3) is 0.429. The zero-order chi connectivity index (χ0) is 20.0. The average Bonchev–Trinajstić information content (AvgIpc) is 3.33. The van der Waals surface area contributed by atoms with E-state index in [2.05, 4.69) is 20.4 Å². The third kappa shape index (κ3) is 3.50. The van der Waals surface area contributed by atoms with E-state index in [4.69, 9.17) is 4.52 Å². The Bertz CT molecular complexity index is 1070. The van der Waals surface area contributed by atoms with Crippen LogP contribution in [0.2, 0.25) is 0 Å². The Morgan fingerprint density at radius 1 is 1.24 bits per heavy atom. The first-order chi connectivity index (χ1) is 14.1. The highest BCUT2D eigenvalue weighted by Gasteiger charge is 2.39. The largest absolute Gasteiger partial charge is 0.361 e. The van der Waals surface area contributed by atoms with Gasteiger partial charge >= 0.3 is 0 Å². The number of aromatic nitrogens is 3. The van der Waals surface area contributed by atoms with Crippen LogP contribution in [0.15, 0.2) is 35.0 Å². The number of hydrogen-bond donors (Lipinski definition) is 2. The minimum absolute atomic E-state index is 0.0349. The molecule has 2 N–H and O–H groups in total. The molecule has 1 aliphatic carbocycles. The zero-order valence-electron chi connectivity index (χ0n) is 16.2. The number of aryl methyl sites for hydroxylation is 1. The van der Waals surface area contributed by atoms with E-state index in [-0.39, 0.29) is 29.7 Å². The predicted octanol–water partition coefficient (Wildman–Crippen LogP) is 2.38. The first-order valence-electron chi connectivity index (χ1n) is 10.1. The van der Waals surface area contributed by atoms with Crippen molar-refractivity contribution in [2.24, 2.45) is 5.92 Å². The molecule has 0 spiro atoms. The fourth-order valence-corrected chi connectivity index (χ4v) is 4.05. The topological polar surface area (TPSA) is 104 Å². The molecule has 1 saturated heterocycles. The van der Waals surface area contributed by atoms with Crippen molar-refractivity contribution in [3.05, 3.63) is 47.7 Å². The number of fused-ring (bicyclic) bond motifs is 1. The second-order valence-corrected chi connectivity index (χ2v) is 8.00. The monoisotopic (exact) mass is 393 g/mol. The Balaban J connectivity index is 1.37. The molecule has 2 aromatic heterocycles. The second-order valence-electron chi connectivity index (χ2n) is 8.00. The summed E-state index contributed by atoms with van der Waals surface area (Å²) in [4.78, 5) is 34.9. The van der Waals surface area contributed by atoms with Gasteiger partial charge in [0.05, 0.1) is 12.0 Å². The number of carbonyl (C=O) groups is 2. The highest BCUT2D eigenvalue weighted by atomic mass is 16.5. The molecule has 5 rings (SSSR count).